The standard InChI is InChI=1S/C27H38FNO6/c1-12(2)22(29)24(33)35-25(34)23(32)20-13(3)8-16-15-10-18(28)17-9-14(30)6-7-26(17,4)21(15)19(31)11-27(16,20)5/h6-7,9,12-13,15-16,18-22,25,31,34H,8,10-11,29H2,1-5H3/t13-,15+,16+,18+,19+,20-,21-,22+,25?,26+,27+/m1/s1. The van der Waals surface area contributed by atoms with E-state index in [0.717, 1.165) is 0 Å². The van der Waals surface area contributed by atoms with Gasteiger partial charge >= 0.3 is 5.97 Å². The first kappa shape index (κ1) is 26.2. The Morgan fingerprint density at radius 2 is 1.91 bits per heavy atom. The zero-order valence-electron chi connectivity index (χ0n) is 21.1. The van der Waals surface area contributed by atoms with E-state index in [1.807, 2.05) is 20.8 Å². The number of Topliss-reactive ketones (excluding diaryl/α,β-unsaturated/α-hetero) is 1. The van der Waals surface area contributed by atoms with Gasteiger partial charge in [0.15, 0.2) is 5.78 Å². The van der Waals surface area contributed by atoms with E-state index in [-0.39, 0.29) is 41.8 Å². The third-order valence-electron chi connectivity index (χ3n) is 9.58. The molecule has 4 rings (SSSR count). The van der Waals surface area contributed by atoms with Crippen molar-refractivity contribution in [2.24, 2.45) is 52.1 Å². The second-order valence-electron chi connectivity index (χ2n) is 12.0. The van der Waals surface area contributed by atoms with Crippen LogP contribution in [0.4, 0.5) is 4.39 Å². The van der Waals surface area contributed by atoms with E-state index in [2.05, 4.69) is 0 Å². The first-order chi connectivity index (χ1) is 16.2. The van der Waals surface area contributed by atoms with Crippen molar-refractivity contribution < 1.29 is 33.7 Å². The van der Waals surface area contributed by atoms with Crippen molar-refractivity contribution in [3.05, 3.63) is 23.8 Å². The van der Waals surface area contributed by atoms with Crippen LogP contribution in [-0.4, -0.2) is 52.4 Å². The van der Waals surface area contributed by atoms with E-state index in [4.69, 9.17) is 10.5 Å². The van der Waals surface area contributed by atoms with Gasteiger partial charge in [-0.3, -0.25) is 14.4 Å². The van der Waals surface area contributed by atoms with E-state index in [1.54, 1.807) is 19.9 Å². The molecule has 0 aliphatic heterocycles. The fourth-order valence-electron chi connectivity index (χ4n) is 7.98. The topological polar surface area (TPSA) is 127 Å². The van der Waals surface area contributed by atoms with Crippen molar-refractivity contribution >= 4 is 17.5 Å². The number of allylic oxidation sites excluding steroid dienone is 4. The molecular weight excluding hydrogens is 453 g/mol. The summed E-state index contributed by atoms with van der Waals surface area (Å²) in [6, 6.07) is -0.957. The molecule has 194 valence electrons. The molecule has 4 N–H and O–H groups in total. The number of rotatable bonds is 5. The number of ether oxygens (including phenoxy) is 1. The summed E-state index contributed by atoms with van der Waals surface area (Å²) < 4.78 is 20.5. The van der Waals surface area contributed by atoms with Gasteiger partial charge in [0.1, 0.15) is 12.2 Å². The van der Waals surface area contributed by atoms with E-state index >= 15 is 4.39 Å². The molecule has 0 aromatic rings. The number of aliphatic hydroxyl groups is 2. The number of alkyl halides is 1. The minimum absolute atomic E-state index is 0.0664. The quantitative estimate of drug-likeness (QED) is 0.398. The van der Waals surface area contributed by atoms with Crippen LogP contribution in [-0.2, 0) is 19.1 Å². The molecule has 0 amide bonds. The highest BCUT2D eigenvalue weighted by atomic mass is 19.1. The van der Waals surface area contributed by atoms with Crippen molar-refractivity contribution in [3.8, 4) is 0 Å². The Balaban J connectivity index is 1.62. The van der Waals surface area contributed by atoms with Gasteiger partial charge < -0.3 is 20.7 Å². The summed E-state index contributed by atoms with van der Waals surface area (Å²) in [6.45, 7) is 9.22. The van der Waals surface area contributed by atoms with Crippen LogP contribution in [0.2, 0.25) is 0 Å². The number of nitrogens with two attached hydrogens (primary N) is 1. The number of esters is 1. The first-order valence-electron chi connectivity index (χ1n) is 12.7. The Morgan fingerprint density at radius 1 is 1.26 bits per heavy atom. The summed E-state index contributed by atoms with van der Waals surface area (Å²) in [5, 5.41) is 22.0. The zero-order chi connectivity index (χ0) is 26.0. The third-order valence-corrected chi connectivity index (χ3v) is 9.58. The van der Waals surface area contributed by atoms with Gasteiger partial charge in [-0.15, -0.1) is 0 Å². The predicted octanol–water partition coefficient (Wildman–Crippen LogP) is 2.49. The highest BCUT2D eigenvalue weighted by molar-refractivity contribution is 6.01. The molecule has 0 radical (unpaired) electrons. The van der Waals surface area contributed by atoms with E-state index in [9.17, 15) is 24.6 Å². The van der Waals surface area contributed by atoms with Gasteiger partial charge in [-0.1, -0.05) is 40.7 Å². The molecule has 0 aromatic heterocycles. The van der Waals surface area contributed by atoms with Crippen LogP contribution in [0.5, 0.6) is 0 Å². The second kappa shape index (κ2) is 8.89. The lowest BCUT2D eigenvalue weighted by Crippen LogP contribution is -2.58. The highest BCUT2D eigenvalue weighted by Gasteiger charge is 2.66. The maximum atomic E-state index is 15.5. The highest BCUT2D eigenvalue weighted by Crippen LogP contribution is 2.67. The average Bonchev–Trinajstić information content (AvgIpc) is 3.03. The summed E-state index contributed by atoms with van der Waals surface area (Å²) in [4.78, 5) is 37.6. The molecular formula is C27H38FNO6. The lowest BCUT2D eigenvalue weighted by molar-refractivity contribution is -0.184. The summed E-state index contributed by atoms with van der Waals surface area (Å²) in [5.41, 5.74) is 4.76. The SMILES string of the molecule is CC(C)[C@H](N)C(=O)OC(O)C(=O)[C@H]1[C@H](C)C[C@H]2[C@@H]3C[C@H](F)C4=CC(=O)C=C[C@]4(C)[C@H]3[C@@H](O)C[C@@]21C. The van der Waals surface area contributed by atoms with Crippen LogP contribution in [0.1, 0.15) is 53.9 Å². The molecule has 8 heteroatoms. The van der Waals surface area contributed by atoms with Crippen molar-refractivity contribution in [3.63, 3.8) is 0 Å². The molecule has 7 nitrogen and oxygen atoms in total. The first-order valence-corrected chi connectivity index (χ1v) is 12.7. The smallest absolute Gasteiger partial charge is 0.325 e. The summed E-state index contributed by atoms with van der Waals surface area (Å²) >= 11 is 0. The Labute approximate surface area is 206 Å². The lowest BCUT2D eigenvalue weighted by atomic mass is 9.46. The van der Waals surface area contributed by atoms with Gasteiger partial charge in [0.05, 0.1) is 6.10 Å². The van der Waals surface area contributed by atoms with Gasteiger partial charge in [0.25, 0.3) is 6.29 Å². The molecule has 1 unspecified atom stereocenters. The van der Waals surface area contributed by atoms with E-state index in [1.165, 1.54) is 12.2 Å². The third kappa shape index (κ3) is 4.02. The van der Waals surface area contributed by atoms with Gasteiger partial charge in [-0.25, -0.2) is 4.39 Å². The minimum atomic E-state index is -1.94. The van der Waals surface area contributed by atoms with Gasteiger partial charge in [-0.05, 0) is 66.1 Å². The van der Waals surface area contributed by atoms with Crippen LogP contribution < -0.4 is 5.73 Å². The van der Waals surface area contributed by atoms with Crippen LogP contribution in [0.25, 0.3) is 0 Å². The Morgan fingerprint density at radius 3 is 2.54 bits per heavy atom. The molecule has 11 atom stereocenters. The monoisotopic (exact) mass is 491 g/mol. The molecule has 0 heterocycles. The van der Waals surface area contributed by atoms with Crippen LogP contribution in [0.3, 0.4) is 0 Å². The fourth-order valence-corrected chi connectivity index (χ4v) is 7.98. The van der Waals surface area contributed by atoms with Crippen LogP contribution in [0, 0.1) is 46.3 Å². The number of halogens is 1. The number of fused-ring (bicyclic) bond motifs is 5. The lowest BCUT2D eigenvalue weighted by Gasteiger charge is -2.59. The molecule has 0 bridgehead atoms. The van der Waals surface area contributed by atoms with Crippen LogP contribution >= 0.6 is 0 Å². The number of ketones is 2. The average molecular weight is 492 g/mol. The molecule has 3 saturated carbocycles. The van der Waals surface area contributed by atoms with Crippen molar-refractivity contribution in [1.29, 1.82) is 0 Å². The summed E-state index contributed by atoms with van der Waals surface area (Å²) in [6.07, 6.45) is 1.61. The largest absolute Gasteiger partial charge is 0.427 e. The van der Waals surface area contributed by atoms with Crippen molar-refractivity contribution in [1.82, 2.24) is 0 Å². The summed E-state index contributed by atoms with van der Waals surface area (Å²) in [7, 11) is 0. The predicted molar refractivity (Wildman–Crippen MR) is 126 cm³/mol. The molecule has 4 aliphatic carbocycles. The van der Waals surface area contributed by atoms with Gasteiger partial charge in [-0.2, -0.15) is 0 Å². The van der Waals surface area contributed by atoms with Gasteiger partial charge in [0.2, 0.25) is 5.78 Å². The second-order valence-corrected chi connectivity index (χ2v) is 12.0. The molecule has 0 aromatic carbocycles. The van der Waals surface area contributed by atoms with E-state index < -0.39 is 53.1 Å². The Bertz CT molecular complexity index is 977. The molecule has 3 fully saturated rings. The summed E-state index contributed by atoms with van der Waals surface area (Å²) in [5.74, 6) is -3.25. The minimum Gasteiger partial charge on any atom is -0.427 e. The zero-order valence-corrected chi connectivity index (χ0v) is 21.1. The maximum absolute atomic E-state index is 15.5. The van der Waals surface area contributed by atoms with Crippen LogP contribution in [0.15, 0.2) is 23.8 Å². The number of hydrogen-bond donors (Lipinski definition) is 3. The molecule has 0 saturated heterocycles. The number of carbonyl (C=O) groups excluding carboxylic acids is 3. The van der Waals surface area contributed by atoms with E-state index in [0.29, 0.717) is 18.4 Å². The van der Waals surface area contributed by atoms with Crippen molar-refractivity contribution in [2.75, 3.05) is 0 Å². The Hall–Kier alpha value is -1.90. The number of hydrogen-bond acceptors (Lipinski definition) is 7. The fraction of sp³-hybridized carbons (Fsp3) is 0.741. The molecule has 35 heavy (non-hydrogen) atoms. The van der Waals surface area contributed by atoms with Crippen molar-refractivity contribution in [2.45, 2.75) is 78.5 Å². The normalized spacial score (nSPS) is 44.1. The molecule has 4 aliphatic rings. The number of aliphatic hydroxyl groups excluding tert-OH is 2. The maximum Gasteiger partial charge on any atom is 0.325 e. The Kier molecular flexibility index (Phi) is 6.65. The van der Waals surface area contributed by atoms with Gasteiger partial charge in [0, 0.05) is 17.3 Å². The molecule has 0 spiro atoms. The number of carbonyl (C=O) groups is 3.